The Hall–Kier alpha value is 0.819. The zero-order chi connectivity index (χ0) is 8.20. The van der Waals surface area contributed by atoms with E-state index in [9.17, 15) is 9.13 Å². The van der Waals surface area contributed by atoms with Crippen LogP contribution in [0.4, 0.5) is 0 Å². The van der Waals surface area contributed by atoms with Gasteiger partial charge in [0, 0.05) is 17.1 Å². The molecule has 0 fully saturated rings. The topological polar surface area (TPSA) is 104 Å². The standard InChI is InChI=1S/C2H8O6P2.Fe/c3-1-2-10(6,7)8-9(4)5;/h3,9H,1-2H2,(H,4,5)(H,6,7);. The second kappa shape index (κ2) is 6.35. The summed E-state index contributed by atoms with van der Waals surface area (Å²) in [5, 5.41) is 8.13. The minimum absolute atomic E-state index is 0. The molecule has 0 aliphatic rings. The molecular formula is C2H8FeO6P2. The molecule has 0 aromatic carbocycles. The third kappa shape index (κ3) is 8.73. The van der Waals surface area contributed by atoms with Crippen molar-refractivity contribution in [3.63, 3.8) is 0 Å². The molecule has 0 aliphatic carbocycles. The van der Waals surface area contributed by atoms with Gasteiger partial charge in [-0.25, -0.2) is 4.31 Å². The van der Waals surface area contributed by atoms with Gasteiger partial charge in [0.1, 0.15) is 0 Å². The van der Waals surface area contributed by atoms with Crippen LogP contribution < -0.4 is 0 Å². The van der Waals surface area contributed by atoms with E-state index in [0.717, 1.165) is 0 Å². The van der Waals surface area contributed by atoms with Crippen molar-refractivity contribution < 1.29 is 45.4 Å². The summed E-state index contributed by atoms with van der Waals surface area (Å²) in [5.74, 6) is 0. The van der Waals surface area contributed by atoms with Gasteiger partial charge in [0.25, 0.3) is 0 Å². The van der Waals surface area contributed by atoms with Crippen molar-refractivity contribution in [1.29, 1.82) is 0 Å². The van der Waals surface area contributed by atoms with Crippen LogP contribution in [-0.4, -0.2) is 27.7 Å². The molecule has 70 valence electrons. The van der Waals surface area contributed by atoms with Crippen molar-refractivity contribution in [2.45, 2.75) is 0 Å². The second-order valence-corrected chi connectivity index (χ2v) is 4.43. The van der Waals surface area contributed by atoms with Gasteiger partial charge < -0.3 is 14.9 Å². The summed E-state index contributed by atoms with van der Waals surface area (Å²) >= 11 is 0. The van der Waals surface area contributed by atoms with Gasteiger partial charge in [-0.1, -0.05) is 0 Å². The van der Waals surface area contributed by atoms with Crippen LogP contribution in [0.3, 0.4) is 0 Å². The average Bonchev–Trinajstić information content (AvgIpc) is 1.59. The van der Waals surface area contributed by atoms with E-state index in [1.807, 2.05) is 0 Å². The van der Waals surface area contributed by atoms with Crippen molar-refractivity contribution in [2.75, 3.05) is 12.8 Å². The molecule has 0 bridgehead atoms. The van der Waals surface area contributed by atoms with Crippen LogP contribution in [0.1, 0.15) is 0 Å². The Labute approximate surface area is 74.5 Å². The maximum absolute atomic E-state index is 10.5. The van der Waals surface area contributed by atoms with E-state index in [2.05, 4.69) is 4.31 Å². The maximum atomic E-state index is 10.5. The van der Waals surface area contributed by atoms with Gasteiger partial charge in [-0.2, -0.15) is 0 Å². The van der Waals surface area contributed by atoms with Crippen molar-refractivity contribution in [1.82, 2.24) is 0 Å². The summed E-state index contributed by atoms with van der Waals surface area (Å²) in [6.07, 6.45) is -0.524. The molecule has 0 heterocycles. The third-order valence-corrected chi connectivity index (χ3v) is 3.13. The van der Waals surface area contributed by atoms with Gasteiger partial charge in [0.05, 0.1) is 12.8 Å². The van der Waals surface area contributed by atoms with Crippen LogP contribution in [0, 0.1) is 0 Å². The van der Waals surface area contributed by atoms with Gasteiger partial charge in [0.2, 0.25) is 0 Å². The molecule has 9 heteroatoms. The predicted molar refractivity (Wildman–Crippen MR) is 34.1 cm³/mol. The SMILES string of the molecule is O=[PH](O)OP(=O)(O)CCO.[Fe]. The van der Waals surface area contributed by atoms with E-state index in [1.54, 1.807) is 0 Å². The third-order valence-electron chi connectivity index (χ3n) is 0.603. The van der Waals surface area contributed by atoms with Crippen molar-refractivity contribution in [2.24, 2.45) is 0 Å². The van der Waals surface area contributed by atoms with Gasteiger partial charge >= 0.3 is 15.9 Å². The fourth-order valence-corrected chi connectivity index (χ4v) is 1.89. The summed E-state index contributed by atoms with van der Waals surface area (Å²) in [6.45, 7) is -0.553. The fraction of sp³-hybridized carbons (Fsp3) is 1.00. The van der Waals surface area contributed by atoms with Crippen molar-refractivity contribution in [3.8, 4) is 0 Å². The number of aliphatic hydroxyl groups excluding tert-OH is 1. The van der Waals surface area contributed by atoms with E-state index in [4.69, 9.17) is 14.9 Å². The van der Waals surface area contributed by atoms with Crippen LogP contribution in [-0.2, 0) is 30.5 Å². The van der Waals surface area contributed by atoms with E-state index < -0.39 is 28.6 Å². The molecule has 3 N–H and O–H groups in total. The number of aliphatic hydroxyl groups is 1. The van der Waals surface area contributed by atoms with Gasteiger partial charge in [-0.3, -0.25) is 9.13 Å². The van der Waals surface area contributed by atoms with E-state index >= 15 is 0 Å². The van der Waals surface area contributed by atoms with Gasteiger partial charge in [-0.15, -0.1) is 0 Å². The second-order valence-electron chi connectivity index (χ2n) is 1.44. The Morgan fingerprint density at radius 2 is 2.00 bits per heavy atom. The summed E-state index contributed by atoms with van der Waals surface area (Å²) in [4.78, 5) is 16.5. The van der Waals surface area contributed by atoms with Crippen molar-refractivity contribution >= 4 is 15.9 Å². The summed E-state index contributed by atoms with van der Waals surface area (Å²) in [7, 11) is -7.40. The first-order chi connectivity index (χ1) is 4.48. The zero-order valence-electron chi connectivity index (χ0n) is 5.28. The summed E-state index contributed by atoms with van der Waals surface area (Å²) < 4.78 is 24.0. The van der Waals surface area contributed by atoms with E-state index in [0.29, 0.717) is 0 Å². The van der Waals surface area contributed by atoms with Crippen LogP contribution in [0.15, 0.2) is 0 Å². The molecule has 0 aromatic heterocycles. The number of hydrogen-bond acceptors (Lipinski definition) is 4. The quantitative estimate of drug-likeness (QED) is 0.458. The molecule has 0 aromatic rings. The molecule has 6 nitrogen and oxygen atoms in total. The molecule has 0 rings (SSSR count). The first kappa shape index (κ1) is 14.3. The van der Waals surface area contributed by atoms with Gasteiger partial charge in [0.15, 0.2) is 0 Å². The Bertz CT molecular complexity index is 170. The minimum atomic E-state index is -4.02. The Morgan fingerprint density at radius 3 is 2.27 bits per heavy atom. The smallest absolute Gasteiger partial charge is 0.337 e. The normalized spacial score (nSPS) is 18.1. The molecular weight excluding hydrogens is 238 g/mol. The number of hydrogen-bond donors (Lipinski definition) is 3. The predicted octanol–water partition coefficient (Wildman–Crippen LogP) is -0.440. The monoisotopic (exact) mass is 246 g/mol. The minimum Gasteiger partial charge on any atom is -0.396 e. The first-order valence-electron chi connectivity index (χ1n) is 2.33. The Kier molecular flexibility index (Phi) is 8.28. The summed E-state index contributed by atoms with van der Waals surface area (Å²) in [6, 6.07) is 0. The summed E-state index contributed by atoms with van der Waals surface area (Å²) in [5.41, 5.74) is 0. The molecule has 11 heavy (non-hydrogen) atoms. The molecule has 0 amide bonds. The molecule has 2 unspecified atom stereocenters. The van der Waals surface area contributed by atoms with Crippen LogP contribution >= 0.6 is 15.9 Å². The van der Waals surface area contributed by atoms with Crippen molar-refractivity contribution in [3.05, 3.63) is 0 Å². The Balaban J connectivity index is 0. The molecule has 0 saturated heterocycles. The Morgan fingerprint density at radius 1 is 1.55 bits per heavy atom. The maximum Gasteiger partial charge on any atom is 0.337 e. The largest absolute Gasteiger partial charge is 0.396 e. The fourth-order valence-electron chi connectivity index (χ4n) is 0.294. The molecule has 0 saturated carbocycles. The van der Waals surface area contributed by atoms with E-state index in [1.165, 1.54) is 0 Å². The van der Waals surface area contributed by atoms with Crippen LogP contribution in [0.25, 0.3) is 0 Å². The zero-order valence-corrected chi connectivity index (χ0v) is 8.28. The molecule has 2 atom stereocenters. The molecule has 0 aliphatic heterocycles. The molecule has 0 spiro atoms. The van der Waals surface area contributed by atoms with Crippen LogP contribution in [0.2, 0.25) is 0 Å². The van der Waals surface area contributed by atoms with Crippen LogP contribution in [0.5, 0.6) is 0 Å². The average molecular weight is 246 g/mol. The number of rotatable bonds is 4. The first-order valence-corrected chi connectivity index (χ1v) is 5.36. The van der Waals surface area contributed by atoms with Gasteiger partial charge in [-0.05, 0) is 0 Å². The van der Waals surface area contributed by atoms with E-state index in [-0.39, 0.29) is 17.1 Å². The molecule has 0 radical (unpaired) electrons.